The predicted octanol–water partition coefficient (Wildman–Crippen LogP) is 2.58. The third kappa shape index (κ3) is 1.90. The van der Waals surface area contributed by atoms with Crippen LogP contribution in [0.15, 0.2) is 24.3 Å². The Morgan fingerprint density at radius 3 is 2.79 bits per heavy atom. The first-order valence-corrected chi connectivity index (χ1v) is 5.21. The van der Waals surface area contributed by atoms with E-state index in [4.69, 9.17) is 4.74 Å². The Morgan fingerprint density at radius 2 is 2.14 bits per heavy atom. The van der Waals surface area contributed by atoms with Crippen LogP contribution < -0.4 is 5.32 Å². The molecule has 1 N–H and O–H groups in total. The van der Waals surface area contributed by atoms with Crippen LogP contribution in [-0.4, -0.2) is 18.8 Å². The van der Waals surface area contributed by atoms with Gasteiger partial charge < -0.3 is 10.1 Å². The summed E-state index contributed by atoms with van der Waals surface area (Å²) in [7, 11) is 0. The predicted molar refractivity (Wildman–Crippen MR) is 58.6 cm³/mol. The van der Waals surface area contributed by atoms with Crippen LogP contribution >= 0.6 is 0 Å². The van der Waals surface area contributed by atoms with Crippen LogP contribution in [-0.2, 0) is 4.74 Å². The van der Waals surface area contributed by atoms with E-state index in [2.05, 4.69) is 43.4 Å². The van der Waals surface area contributed by atoms with Crippen molar-refractivity contribution in [3.05, 3.63) is 29.8 Å². The van der Waals surface area contributed by atoms with E-state index < -0.39 is 0 Å². The fraction of sp³-hybridized carbons (Fsp3) is 0.500. The molecular weight excluding hydrogens is 174 g/mol. The average Bonchev–Trinajstić information content (AvgIpc) is 2.56. The number of hydrogen-bond acceptors (Lipinski definition) is 2. The molecule has 0 bridgehead atoms. The summed E-state index contributed by atoms with van der Waals surface area (Å²) in [5.74, 6) is 0. The van der Waals surface area contributed by atoms with Gasteiger partial charge in [0.1, 0.15) is 0 Å². The molecule has 2 atom stereocenters. The molecule has 1 aromatic rings. The lowest BCUT2D eigenvalue weighted by molar-refractivity contribution is 0.121. The zero-order valence-electron chi connectivity index (χ0n) is 8.79. The number of anilines is 1. The highest BCUT2D eigenvalue weighted by Crippen LogP contribution is 2.21. The van der Waals surface area contributed by atoms with Gasteiger partial charge in [-0.15, -0.1) is 0 Å². The van der Waals surface area contributed by atoms with E-state index in [-0.39, 0.29) is 0 Å². The Balaban J connectivity index is 2.07. The molecule has 0 aromatic heterocycles. The highest BCUT2D eigenvalue weighted by atomic mass is 16.5. The minimum Gasteiger partial charge on any atom is -0.379 e. The summed E-state index contributed by atoms with van der Waals surface area (Å²) in [5, 5.41) is 3.53. The summed E-state index contributed by atoms with van der Waals surface area (Å²) in [5.41, 5.74) is 2.53. The van der Waals surface area contributed by atoms with E-state index in [1.165, 1.54) is 11.3 Å². The van der Waals surface area contributed by atoms with Gasteiger partial charge in [0, 0.05) is 12.3 Å². The van der Waals surface area contributed by atoms with Gasteiger partial charge in [0.05, 0.1) is 12.1 Å². The fourth-order valence-corrected chi connectivity index (χ4v) is 1.86. The van der Waals surface area contributed by atoms with Gasteiger partial charge in [-0.3, -0.25) is 0 Å². The second-order valence-corrected chi connectivity index (χ2v) is 3.93. The Hall–Kier alpha value is -1.02. The maximum Gasteiger partial charge on any atom is 0.0748 e. The molecule has 1 heterocycles. The second kappa shape index (κ2) is 4.01. The standard InChI is InChI=1S/C12H17NO/c1-9-5-3-4-6-11(9)13-12-7-8-14-10(12)2/h3-6,10,12-13H,7-8H2,1-2H3/t10-,12+/m1/s1. The fourth-order valence-electron chi connectivity index (χ4n) is 1.86. The molecular formula is C12H17NO. The Bertz CT molecular complexity index is 311. The summed E-state index contributed by atoms with van der Waals surface area (Å²) in [4.78, 5) is 0. The third-order valence-corrected chi connectivity index (χ3v) is 2.86. The number of rotatable bonds is 2. The van der Waals surface area contributed by atoms with E-state index in [1.54, 1.807) is 0 Å². The van der Waals surface area contributed by atoms with Gasteiger partial charge in [0.2, 0.25) is 0 Å². The molecule has 76 valence electrons. The van der Waals surface area contributed by atoms with Crippen molar-refractivity contribution in [1.82, 2.24) is 0 Å². The number of ether oxygens (including phenoxy) is 1. The zero-order valence-corrected chi connectivity index (χ0v) is 8.79. The third-order valence-electron chi connectivity index (χ3n) is 2.86. The minimum absolute atomic E-state index is 0.328. The Kier molecular flexibility index (Phi) is 2.73. The van der Waals surface area contributed by atoms with Crippen LogP contribution in [0, 0.1) is 6.92 Å². The van der Waals surface area contributed by atoms with E-state index >= 15 is 0 Å². The van der Waals surface area contributed by atoms with Gasteiger partial charge in [0.15, 0.2) is 0 Å². The zero-order chi connectivity index (χ0) is 9.97. The molecule has 0 aliphatic carbocycles. The minimum atomic E-state index is 0.328. The van der Waals surface area contributed by atoms with E-state index in [9.17, 15) is 0 Å². The van der Waals surface area contributed by atoms with Gasteiger partial charge in [0.25, 0.3) is 0 Å². The van der Waals surface area contributed by atoms with E-state index in [0.29, 0.717) is 12.1 Å². The second-order valence-electron chi connectivity index (χ2n) is 3.93. The molecule has 1 fully saturated rings. The van der Waals surface area contributed by atoms with E-state index in [0.717, 1.165) is 13.0 Å². The molecule has 0 radical (unpaired) electrons. The van der Waals surface area contributed by atoms with Crippen molar-refractivity contribution in [2.24, 2.45) is 0 Å². The van der Waals surface area contributed by atoms with Crippen LogP contribution in [0.25, 0.3) is 0 Å². The summed E-state index contributed by atoms with van der Waals surface area (Å²) in [6, 6.07) is 8.85. The maximum atomic E-state index is 5.51. The van der Waals surface area contributed by atoms with Crippen molar-refractivity contribution in [2.75, 3.05) is 11.9 Å². The first kappa shape index (κ1) is 9.53. The lowest BCUT2D eigenvalue weighted by atomic mass is 10.1. The van der Waals surface area contributed by atoms with Crippen LogP contribution in [0.2, 0.25) is 0 Å². The normalized spacial score (nSPS) is 26.4. The van der Waals surface area contributed by atoms with Gasteiger partial charge in [-0.25, -0.2) is 0 Å². The highest BCUT2D eigenvalue weighted by molar-refractivity contribution is 5.51. The SMILES string of the molecule is Cc1ccccc1N[C@H]1CCO[C@@H]1C. The summed E-state index contributed by atoms with van der Waals surface area (Å²) < 4.78 is 5.51. The lowest BCUT2D eigenvalue weighted by Crippen LogP contribution is -2.26. The first-order chi connectivity index (χ1) is 6.77. The number of benzene rings is 1. The Morgan fingerprint density at radius 1 is 1.36 bits per heavy atom. The Labute approximate surface area is 85.3 Å². The number of nitrogens with one attached hydrogen (secondary N) is 1. The van der Waals surface area contributed by atoms with Crippen molar-refractivity contribution in [3.8, 4) is 0 Å². The molecule has 0 unspecified atom stereocenters. The molecule has 2 nitrogen and oxygen atoms in total. The lowest BCUT2D eigenvalue weighted by Gasteiger charge is -2.18. The molecule has 1 saturated heterocycles. The van der Waals surface area contributed by atoms with Crippen LogP contribution in [0.1, 0.15) is 18.9 Å². The van der Waals surface area contributed by atoms with Crippen LogP contribution in [0.4, 0.5) is 5.69 Å². The van der Waals surface area contributed by atoms with Crippen molar-refractivity contribution in [1.29, 1.82) is 0 Å². The molecule has 1 aliphatic rings. The van der Waals surface area contributed by atoms with Crippen molar-refractivity contribution in [3.63, 3.8) is 0 Å². The van der Waals surface area contributed by atoms with Gasteiger partial charge in [-0.2, -0.15) is 0 Å². The molecule has 1 aliphatic heterocycles. The highest BCUT2D eigenvalue weighted by Gasteiger charge is 2.23. The topological polar surface area (TPSA) is 21.3 Å². The number of hydrogen-bond donors (Lipinski definition) is 1. The smallest absolute Gasteiger partial charge is 0.0748 e. The molecule has 0 saturated carbocycles. The van der Waals surface area contributed by atoms with Crippen molar-refractivity contribution >= 4 is 5.69 Å². The van der Waals surface area contributed by atoms with Crippen molar-refractivity contribution in [2.45, 2.75) is 32.4 Å². The van der Waals surface area contributed by atoms with E-state index in [1.807, 2.05) is 0 Å². The molecule has 2 heteroatoms. The van der Waals surface area contributed by atoms with Crippen LogP contribution in [0.5, 0.6) is 0 Å². The molecule has 2 rings (SSSR count). The average molecular weight is 191 g/mol. The molecule has 1 aromatic carbocycles. The number of para-hydroxylation sites is 1. The first-order valence-electron chi connectivity index (χ1n) is 5.21. The summed E-state index contributed by atoms with van der Waals surface area (Å²) in [6.07, 6.45) is 1.43. The summed E-state index contributed by atoms with van der Waals surface area (Å²) >= 11 is 0. The molecule has 0 spiro atoms. The van der Waals surface area contributed by atoms with Crippen molar-refractivity contribution < 1.29 is 4.74 Å². The quantitative estimate of drug-likeness (QED) is 0.775. The monoisotopic (exact) mass is 191 g/mol. The molecule has 14 heavy (non-hydrogen) atoms. The molecule has 0 amide bonds. The van der Waals surface area contributed by atoms with Gasteiger partial charge in [-0.1, -0.05) is 18.2 Å². The maximum absolute atomic E-state index is 5.51. The number of aryl methyl sites for hydroxylation is 1. The van der Waals surface area contributed by atoms with Gasteiger partial charge in [-0.05, 0) is 31.9 Å². The summed E-state index contributed by atoms with van der Waals surface area (Å²) in [6.45, 7) is 5.14. The largest absolute Gasteiger partial charge is 0.379 e. The van der Waals surface area contributed by atoms with Crippen LogP contribution in [0.3, 0.4) is 0 Å². The van der Waals surface area contributed by atoms with Gasteiger partial charge >= 0.3 is 0 Å².